The first kappa shape index (κ1) is 28.6. The summed E-state index contributed by atoms with van der Waals surface area (Å²) < 4.78 is 0. The van der Waals surface area contributed by atoms with Gasteiger partial charge in [0, 0.05) is 13.0 Å². The van der Waals surface area contributed by atoms with Gasteiger partial charge < -0.3 is 43.4 Å². The van der Waals surface area contributed by atoms with E-state index < -0.39 is 72.7 Å². The first-order valence-electron chi connectivity index (χ1n) is 10.3. The number of hydrogen-bond donors (Lipinski definition) is 8. The van der Waals surface area contributed by atoms with Crippen LogP contribution in [0.1, 0.15) is 32.1 Å². The highest BCUT2D eigenvalue weighted by atomic mass is 16.4. The van der Waals surface area contributed by atoms with Crippen molar-refractivity contribution < 1.29 is 43.8 Å². The minimum atomic E-state index is -1.73. The molecule has 194 valence electrons. The number of primary amides is 1. The summed E-state index contributed by atoms with van der Waals surface area (Å²) in [7, 11) is 0. The highest BCUT2D eigenvalue weighted by Crippen LogP contribution is 2.11. The normalized spacial score (nSPS) is 16.6. The Morgan fingerprint density at radius 1 is 1.06 bits per heavy atom. The fourth-order valence-corrected chi connectivity index (χ4v) is 3.01. The highest BCUT2D eigenvalue weighted by Gasteiger charge is 2.39. The summed E-state index contributed by atoms with van der Waals surface area (Å²) in [5, 5.41) is 24.7. The van der Waals surface area contributed by atoms with E-state index in [9.17, 15) is 38.7 Å². The minimum Gasteiger partial charge on any atom is -0.481 e. The zero-order valence-electron chi connectivity index (χ0n) is 18.6. The van der Waals surface area contributed by atoms with Crippen molar-refractivity contribution >= 4 is 47.6 Å². The highest BCUT2D eigenvalue weighted by molar-refractivity contribution is 6.06. The lowest BCUT2D eigenvalue weighted by Crippen LogP contribution is -2.54. The maximum absolute atomic E-state index is 12.4. The maximum Gasteiger partial charge on any atom is 0.326 e. The molecule has 0 unspecified atom stereocenters. The number of carbonyl (C=O) groups excluding carboxylic acids is 5. The van der Waals surface area contributed by atoms with Crippen LogP contribution < -0.4 is 33.2 Å². The number of carboxylic acid groups (broad SMARTS) is 2. The Balaban J connectivity index is 2.77. The second kappa shape index (κ2) is 13.3. The first-order valence-corrected chi connectivity index (χ1v) is 10.3. The fraction of sp³-hybridized carbons (Fsp3) is 0.556. The van der Waals surface area contributed by atoms with E-state index in [0.29, 0.717) is 11.3 Å². The third-order valence-corrected chi connectivity index (χ3v) is 4.68. The van der Waals surface area contributed by atoms with Gasteiger partial charge in [-0.3, -0.25) is 33.9 Å². The van der Waals surface area contributed by atoms with Gasteiger partial charge in [-0.15, -0.1) is 0 Å². The van der Waals surface area contributed by atoms with Crippen molar-refractivity contribution in [3.8, 4) is 0 Å². The Morgan fingerprint density at radius 2 is 1.71 bits per heavy atom. The summed E-state index contributed by atoms with van der Waals surface area (Å²) in [6, 6.07) is -5.10. The predicted octanol–water partition coefficient (Wildman–Crippen LogP) is -4.25. The lowest BCUT2D eigenvalue weighted by atomic mass is 10.1. The van der Waals surface area contributed by atoms with E-state index in [0.717, 1.165) is 0 Å². The van der Waals surface area contributed by atoms with Crippen molar-refractivity contribution in [2.24, 2.45) is 22.2 Å². The molecule has 1 saturated heterocycles. The van der Waals surface area contributed by atoms with Gasteiger partial charge in [-0.05, 0) is 19.3 Å². The summed E-state index contributed by atoms with van der Waals surface area (Å²) >= 11 is 0. The molecular formula is C18H28N8O9. The Morgan fingerprint density at radius 3 is 2.26 bits per heavy atom. The van der Waals surface area contributed by atoms with Gasteiger partial charge >= 0.3 is 18.0 Å². The zero-order chi connectivity index (χ0) is 26.7. The van der Waals surface area contributed by atoms with Crippen molar-refractivity contribution in [1.82, 2.24) is 20.9 Å². The van der Waals surface area contributed by atoms with E-state index in [1.165, 1.54) is 0 Å². The Bertz CT molecular complexity index is 902. The van der Waals surface area contributed by atoms with Gasteiger partial charge in [-0.25, -0.2) is 9.59 Å². The number of aliphatic imine (C=N–C) groups is 1. The molecule has 0 aromatic heterocycles. The van der Waals surface area contributed by atoms with Gasteiger partial charge in [-0.1, -0.05) is 0 Å². The Labute approximate surface area is 198 Å². The molecule has 0 spiro atoms. The van der Waals surface area contributed by atoms with Crippen molar-refractivity contribution in [1.29, 1.82) is 0 Å². The number of nitrogens with zero attached hydrogens (tertiary/aromatic N) is 2. The van der Waals surface area contributed by atoms with E-state index in [4.69, 9.17) is 22.3 Å². The fourth-order valence-electron chi connectivity index (χ4n) is 3.01. The topological polar surface area (TPSA) is 290 Å². The van der Waals surface area contributed by atoms with Crippen LogP contribution >= 0.6 is 0 Å². The van der Waals surface area contributed by atoms with Gasteiger partial charge in [0.25, 0.3) is 5.91 Å². The monoisotopic (exact) mass is 500 g/mol. The number of urea groups is 1. The van der Waals surface area contributed by atoms with Crippen LogP contribution in [0.3, 0.4) is 0 Å². The lowest BCUT2D eigenvalue weighted by Gasteiger charge is -2.21. The first-order chi connectivity index (χ1) is 16.3. The molecule has 0 radical (unpaired) electrons. The van der Waals surface area contributed by atoms with Crippen LogP contribution in [-0.2, 0) is 28.8 Å². The molecular weight excluding hydrogens is 472 g/mol. The molecule has 0 bridgehead atoms. The number of hydrogen-bond acceptors (Lipinski definition) is 8. The number of nitrogens with two attached hydrogens (primary N) is 3. The third kappa shape index (κ3) is 9.93. The quantitative estimate of drug-likeness (QED) is 0.0461. The average molecular weight is 500 g/mol. The van der Waals surface area contributed by atoms with Gasteiger partial charge in [0.2, 0.25) is 17.7 Å². The van der Waals surface area contributed by atoms with E-state index >= 15 is 0 Å². The Hall–Kier alpha value is -4.44. The molecule has 3 atom stereocenters. The van der Waals surface area contributed by atoms with Crippen LogP contribution in [0, 0.1) is 0 Å². The minimum absolute atomic E-state index is 0.132. The van der Waals surface area contributed by atoms with Crippen LogP contribution in [0.15, 0.2) is 4.99 Å². The molecule has 17 nitrogen and oxygen atoms in total. The van der Waals surface area contributed by atoms with Crippen LogP contribution in [0.25, 0.3) is 0 Å². The summed E-state index contributed by atoms with van der Waals surface area (Å²) in [6.45, 7) is -0.603. The van der Waals surface area contributed by atoms with Crippen molar-refractivity contribution in [3.63, 3.8) is 0 Å². The average Bonchev–Trinajstić information content (AvgIpc) is 3.00. The van der Waals surface area contributed by atoms with E-state index in [1.807, 2.05) is 5.32 Å². The third-order valence-electron chi connectivity index (χ3n) is 4.68. The maximum atomic E-state index is 12.4. The van der Waals surface area contributed by atoms with Crippen LogP contribution in [0.5, 0.6) is 0 Å². The lowest BCUT2D eigenvalue weighted by molar-refractivity contribution is -0.143. The number of rotatable bonds is 15. The number of amides is 6. The molecule has 1 rings (SSSR count). The zero-order valence-corrected chi connectivity index (χ0v) is 18.6. The van der Waals surface area contributed by atoms with Crippen molar-refractivity contribution in [2.75, 3.05) is 13.1 Å². The summed E-state index contributed by atoms with van der Waals surface area (Å²) in [5.41, 5.74) is 15.4. The van der Waals surface area contributed by atoms with Crippen molar-refractivity contribution in [3.05, 3.63) is 0 Å². The number of nitrogens with one attached hydrogen (secondary N) is 3. The van der Waals surface area contributed by atoms with Gasteiger partial charge in [0.15, 0.2) is 5.96 Å². The SMILES string of the molecule is NC(=O)CC[C@H](NC(=O)[C@H](CC(=O)O)NC(=O)CN1C(=O)N[C@@H](CCCN=C(N)N)C1=O)C(=O)O. The van der Waals surface area contributed by atoms with Crippen LogP contribution in [0.4, 0.5) is 4.79 Å². The predicted molar refractivity (Wildman–Crippen MR) is 116 cm³/mol. The second-order valence-electron chi connectivity index (χ2n) is 7.50. The van der Waals surface area contributed by atoms with Crippen molar-refractivity contribution in [2.45, 2.75) is 50.2 Å². The number of aliphatic carboxylic acids is 2. The van der Waals surface area contributed by atoms with E-state index in [-0.39, 0.29) is 31.8 Å². The molecule has 11 N–H and O–H groups in total. The number of guanidine groups is 1. The molecule has 1 aliphatic rings. The summed E-state index contributed by atoms with van der Waals surface area (Å²) in [5.74, 6) is -6.87. The number of carboxylic acids is 2. The molecule has 0 saturated carbocycles. The van der Waals surface area contributed by atoms with Gasteiger partial charge in [-0.2, -0.15) is 0 Å². The molecule has 6 amide bonds. The molecule has 1 aliphatic heterocycles. The van der Waals surface area contributed by atoms with Gasteiger partial charge in [0.1, 0.15) is 24.7 Å². The molecule has 1 heterocycles. The largest absolute Gasteiger partial charge is 0.481 e. The molecule has 1 fully saturated rings. The number of carbonyl (C=O) groups is 7. The standard InChI is InChI=1S/C18H28N8O9/c19-11(27)4-3-9(16(33)34)24-14(31)10(6-13(29)30)23-12(28)7-26-15(32)8(25-18(26)35)2-1-5-22-17(20)21/h8-10H,1-7H2,(H2,19,27)(H,23,28)(H,24,31)(H,25,35)(H,29,30)(H,33,34)(H4,20,21,22)/t8-,9-,10-/m0/s1. The Kier molecular flexibility index (Phi) is 10.9. The van der Waals surface area contributed by atoms with Gasteiger partial charge in [0.05, 0.1) is 6.42 Å². The van der Waals surface area contributed by atoms with E-state index in [2.05, 4.69) is 15.6 Å². The van der Waals surface area contributed by atoms with E-state index in [1.54, 1.807) is 0 Å². The second-order valence-corrected chi connectivity index (χ2v) is 7.50. The number of imide groups is 1. The smallest absolute Gasteiger partial charge is 0.326 e. The molecule has 17 heteroatoms. The summed E-state index contributed by atoms with van der Waals surface area (Å²) in [4.78, 5) is 87.0. The van der Waals surface area contributed by atoms with Crippen LogP contribution in [-0.4, -0.2) is 93.9 Å². The van der Waals surface area contributed by atoms with Crippen LogP contribution in [0.2, 0.25) is 0 Å². The summed E-state index contributed by atoms with van der Waals surface area (Å²) in [6.07, 6.45) is -1.11. The molecule has 0 aliphatic carbocycles. The molecule has 35 heavy (non-hydrogen) atoms. The molecule has 0 aromatic carbocycles. The molecule has 0 aromatic rings.